The van der Waals surface area contributed by atoms with Crippen molar-refractivity contribution in [3.05, 3.63) is 30.3 Å². The van der Waals surface area contributed by atoms with E-state index in [4.69, 9.17) is 0 Å². The molecule has 1 aromatic rings. The van der Waals surface area contributed by atoms with Gasteiger partial charge in [-0.15, -0.1) is 0 Å². The van der Waals surface area contributed by atoms with Crippen LogP contribution >= 0.6 is 0 Å². The lowest BCUT2D eigenvalue weighted by Crippen LogP contribution is -3.19. The van der Waals surface area contributed by atoms with E-state index in [-0.39, 0.29) is 18.0 Å². The van der Waals surface area contributed by atoms with Crippen LogP contribution in [0.4, 0.5) is 0 Å². The number of benzene rings is 1. The molecule has 7 heteroatoms. The third-order valence-electron chi connectivity index (χ3n) is 6.19. The van der Waals surface area contributed by atoms with Crippen molar-refractivity contribution in [2.45, 2.75) is 56.5 Å². The van der Waals surface area contributed by atoms with Crippen LogP contribution in [0.25, 0.3) is 0 Å². The molecule has 1 saturated heterocycles. The van der Waals surface area contributed by atoms with E-state index in [1.54, 1.807) is 28.6 Å². The summed E-state index contributed by atoms with van der Waals surface area (Å²) >= 11 is 0. The van der Waals surface area contributed by atoms with E-state index < -0.39 is 10.0 Å². The molecule has 0 aromatic heterocycles. The number of piperazine rings is 1. The quantitative estimate of drug-likeness (QED) is 0.771. The van der Waals surface area contributed by atoms with E-state index >= 15 is 0 Å². The van der Waals surface area contributed by atoms with Crippen LogP contribution in [0.2, 0.25) is 0 Å². The fourth-order valence-corrected chi connectivity index (χ4v) is 5.67. The fourth-order valence-electron chi connectivity index (χ4n) is 4.21. The molecule has 1 amide bonds. The Labute approximate surface area is 163 Å². The highest BCUT2D eigenvalue weighted by Crippen LogP contribution is 2.23. The zero-order chi connectivity index (χ0) is 19.4. The van der Waals surface area contributed by atoms with Crippen molar-refractivity contribution >= 4 is 15.9 Å². The van der Waals surface area contributed by atoms with Crippen LogP contribution in [0.5, 0.6) is 0 Å². The molecule has 2 aliphatic rings. The molecule has 1 aliphatic heterocycles. The van der Waals surface area contributed by atoms with Gasteiger partial charge in [0.2, 0.25) is 10.0 Å². The number of hydrogen-bond acceptors (Lipinski definition) is 3. The van der Waals surface area contributed by atoms with E-state index in [0.717, 1.165) is 11.3 Å². The summed E-state index contributed by atoms with van der Waals surface area (Å²) in [6, 6.07) is 8.70. The molecule has 6 nitrogen and oxygen atoms in total. The molecule has 0 spiro atoms. The summed E-state index contributed by atoms with van der Waals surface area (Å²) in [5.74, 6) is 0.640. The largest absolute Gasteiger partial charge is 0.348 e. The zero-order valence-electron chi connectivity index (χ0n) is 16.4. The molecule has 0 radical (unpaired) electrons. The van der Waals surface area contributed by atoms with Crippen LogP contribution in [-0.2, 0) is 14.8 Å². The van der Waals surface area contributed by atoms with Gasteiger partial charge < -0.3 is 10.2 Å². The van der Waals surface area contributed by atoms with Gasteiger partial charge in [-0.05, 0) is 37.8 Å². The van der Waals surface area contributed by atoms with Gasteiger partial charge in [0.1, 0.15) is 0 Å². The van der Waals surface area contributed by atoms with Crippen molar-refractivity contribution in [2.24, 2.45) is 5.92 Å². The van der Waals surface area contributed by atoms with Crippen LogP contribution in [-0.4, -0.2) is 56.9 Å². The molecule has 1 aliphatic carbocycles. The maximum Gasteiger partial charge on any atom is 0.278 e. The topological polar surface area (TPSA) is 70.9 Å². The minimum atomic E-state index is -3.44. The van der Waals surface area contributed by atoms with Crippen molar-refractivity contribution in [3.63, 3.8) is 0 Å². The Kier molecular flexibility index (Phi) is 6.55. The van der Waals surface area contributed by atoms with Gasteiger partial charge >= 0.3 is 0 Å². The van der Waals surface area contributed by atoms with Crippen LogP contribution in [0, 0.1) is 5.92 Å². The van der Waals surface area contributed by atoms with Gasteiger partial charge in [0.25, 0.3) is 5.91 Å². The van der Waals surface area contributed by atoms with Crippen molar-refractivity contribution in [2.75, 3.05) is 26.2 Å². The van der Waals surface area contributed by atoms with Gasteiger partial charge in [-0.25, -0.2) is 8.42 Å². The van der Waals surface area contributed by atoms with E-state index in [0.29, 0.717) is 37.0 Å². The molecule has 2 fully saturated rings. The number of amides is 1. The Morgan fingerprint density at radius 2 is 1.78 bits per heavy atom. The SMILES string of the molecule is C[C@H](C(=O)N[C@@H]1CCCC[C@@H]1C)[NH+]1CCN(S(=O)(=O)c2ccccc2)CC1. The highest BCUT2D eigenvalue weighted by molar-refractivity contribution is 7.89. The third kappa shape index (κ3) is 4.70. The van der Waals surface area contributed by atoms with Crippen molar-refractivity contribution in [1.82, 2.24) is 9.62 Å². The third-order valence-corrected chi connectivity index (χ3v) is 8.10. The van der Waals surface area contributed by atoms with Crippen LogP contribution < -0.4 is 10.2 Å². The van der Waals surface area contributed by atoms with Gasteiger partial charge in [0.05, 0.1) is 31.1 Å². The highest BCUT2D eigenvalue weighted by Gasteiger charge is 2.35. The average Bonchev–Trinajstić information content (AvgIpc) is 2.70. The summed E-state index contributed by atoms with van der Waals surface area (Å²) in [5.41, 5.74) is 0. The summed E-state index contributed by atoms with van der Waals surface area (Å²) in [7, 11) is -3.44. The van der Waals surface area contributed by atoms with E-state index in [2.05, 4.69) is 12.2 Å². The Balaban J connectivity index is 1.54. The van der Waals surface area contributed by atoms with Gasteiger partial charge in [0, 0.05) is 6.04 Å². The second kappa shape index (κ2) is 8.71. The second-order valence-corrected chi connectivity index (χ2v) is 9.91. The second-order valence-electron chi connectivity index (χ2n) is 7.97. The maximum atomic E-state index is 12.7. The Hall–Kier alpha value is -1.44. The van der Waals surface area contributed by atoms with Crippen molar-refractivity contribution in [3.8, 4) is 0 Å². The molecule has 1 saturated carbocycles. The molecule has 0 bridgehead atoms. The highest BCUT2D eigenvalue weighted by atomic mass is 32.2. The minimum Gasteiger partial charge on any atom is -0.348 e. The summed E-state index contributed by atoms with van der Waals surface area (Å²) in [6.07, 6.45) is 4.69. The van der Waals surface area contributed by atoms with Crippen molar-refractivity contribution in [1.29, 1.82) is 0 Å². The Bertz CT molecular complexity index is 730. The van der Waals surface area contributed by atoms with Crippen LogP contribution in [0.3, 0.4) is 0 Å². The van der Waals surface area contributed by atoms with Gasteiger partial charge in [0.15, 0.2) is 6.04 Å². The molecule has 2 N–H and O–H groups in total. The smallest absolute Gasteiger partial charge is 0.278 e. The summed E-state index contributed by atoms with van der Waals surface area (Å²) in [6.45, 7) is 6.38. The maximum absolute atomic E-state index is 12.7. The predicted octanol–water partition coefficient (Wildman–Crippen LogP) is 0.659. The number of carbonyl (C=O) groups excluding carboxylic acids is 1. The zero-order valence-corrected chi connectivity index (χ0v) is 17.2. The lowest BCUT2D eigenvalue weighted by molar-refractivity contribution is -0.917. The van der Waals surface area contributed by atoms with E-state index in [9.17, 15) is 13.2 Å². The summed E-state index contributed by atoms with van der Waals surface area (Å²) in [4.78, 5) is 14.2. The lowest BCUT2D eigenvalue weighted by atomic mass is 9.86. The van der Waals surface area contributed by atoms with Gasteiger partial charge in [-0.2, -0.15) is 4.31 Å². The molecule has 1 heterocycles. The normalized spacial score (nSPS) is 26.4. The van der Waals surface area contributed by atoms with Crippen molar-refractivity contribution < 1.29 is 18.1 Å². The molecule has 1 aromatic carbocycles. The average molecular weight is 395 g/mol. The summed E-state index contributed by atoms with van der Waals surface area (Å²) < 4.78 is 27.0. The number of carbonyl (C=O) groups is 1. The molecule has 27 heavy (non-hydrogen) atoms. The monoisotopic (exact) mass is 394 g/mol. The lowest BCUT2D eigenvalue weighted by Gasteiger charge is -2.35. The molecular weight excluding hydrogens is 362 g/mol. The van der Waals surface area contributed by atoms with Gasteiger partial charge in [-0.1, -0.05) is 38.0 Å². The predicted molar refractivity (Wildman–Crippen MR) is 105 cm³/mol. The Morgan fingerprint density at radius 1 is 1.15 bits per heavy atom. The first-order chi connectivity index (χ1) is 12.9. The number of rotatable bonds is 5. The van der Waals surface area contributed by atoms with Crippen LogP contribution in [0.1, 0.15) is 39.5 Å². The first-order valence-corrected chi connectivity index (χ1v) is 11.5. The standard InChI is InChI=1S/C20H31N3O3S/c1-16-8-6-7-11-19(16)21-20(24)17(2)22-12-14-23(15-13-22)27(25,26)18-9-4-3-5-10-18/h3-5,9-10,16-17,19H,6-8,11-15H2,1-2H3,(H,21,24)/p+1/t16-,17+,19+/m0/s1. The molecule has 3 rings (SSSR count). The van der Waals surface area contributed by atoms with Crippen LogP contribution in [0.15, 0.2) is 35.2 Å². The minimum absolute atomic E-state index is 0.100. The number of quaternary nitrogens is 1. The van der Waals surface area contributed by atoms with Gasteiger partial charge in [-0.3, -0.25) is 4.79 Å². The number of hydrogen-bond donors (Lipinski definition) is 2. The number of sulfonamides is 1. The first kappa shape index (κ1) is 20.3. The number of nitrogens with one attached hydrogen (secondary N) is 2. The van der Waals surface area contributed by atoms with E-state index in [1.165, 1.54) is 19.3 Å². The molecule has 0 unspecified atom stereocenters. The van der Waals surface area contributed by atoms with E-state index in [1.807, 2.05) is 13.0 Å². The molecule has 3 atom stereocenters. The molecule has 150 valence electrons. The fraction of sp³-hybridized carbons (Fsp3) is 0.650. The first-order valence-electron chi connectivity index (χ1n) is 10.1. The Morgan fingerprint density at radius 3 is 2.41 bits per heavy atom. The molecular formula is C20H32N3O3S+. The number of nitrogens with zero attached hydrogens (tertiary/aromatic N) is 1. The summed E-state index contributed by atoms with van der Waals surface area (Å²) in [5, 5.41) is 3.24.